The maximum Gasteiger partial charge on any atom is 0.382 e. The third-order valence-electron chi connectivity index (χ3n) is 2.08. The lowest BCUT2D eigenvalue weighted by molar-refractivity contribution is -0.130. The number of hydrogen-bond donors (Lipinski definition) is 2. The molecule has 0 amide bonds. The van der Waals surface area contributed by atoms with Crippen LogP contribution in [0, 0.1) is 11.8 Å². The standard InChI is InChI=1S/C9H12O3/c10-8(11)4-7-9(12)5-2-1-3-6-9/h12H,1-3,5-6H2,(H,10,11). The van der Waals surface area contributed by atoms with Crippen molar-refractivity contribution in [3.63, 3.8) is 0 Å². The van der Waals surface area contributed by atoms with E-state index >= 15 is 0 Å². The molecule has 0 saturated heterocycles. The van der Waals surface area contributed by atoms with Gasteiger partial charge in [-0.15, -0.1) is 0 Å². The van der Waals surface area contributed by atoms with Crippen LogP contribution in [0.25, 0.3) is 0 Å². The monoisotopic (exact) mass is 168 g/mol. The van der Waals surface area contributed by atoms with Gasteiger partial charge in [0.05, 0.1) is 0 Å². The molecule has 0 aromatic heterocycles. The molecule has 0 aliphatic heterocycles. The second-order valence-electron chi connectivity index (χ2n) is 3.15. The zero-order valence-corrected chi connectivity index (χ0v) is 6.84. The average Bonchev–Trinajstić information content (AvgIpc) is 2.03. The van der Waals surface area contributed by atoms with Gasteiger partial charge >= 0.3 is 5.97 Å². The van der Waals surface area contributed by atoms with Gasteiger partial charge in [0.1, 0.15) is 5.60 Å². The van der Waals surface area contributed by atoms with Crippen LogP contribution in [0.3, 0.4) is 0 Å². The number of carboxylic acid groups (broad SMARTS) is 1. The van der Waals surface area contributed by atoms with Crippen molar-refractivity contribution < 1.29 is 15.0 Å². The van der Waals surface area contributed by atoms with Crippen molar-refractivity contribution in [3.05, 3.63) is 0 Å². The van der Waals surface area contributed by atoms with Crippen LogP contribution in [-0.4, -0.2) is 21.8 Å². The van der Waals surface area contributed by atoms with Gasteiger partial charge < -0.3 is 10.2 Å². The SMILES string of the molecule is O=C(O)C#CC1(O)CCCCC1. The fourth-order valence-electron chi connectivity index (χ4n) is 1.43. The Bertz CT molecular complexity index is 228. The van der Waals surface area contributed by atoms with E-state index in [-0.39, 0.29) is 0 Å². The number of hydrogen-bond acceptors (Lipinski definition) is 2. The van der Waals surface area contributed by atoms with Crippen LogP contribution in [0.5, 0.6) is 0 Å². The number of aliphatic carboxylic acids is 1. The lowest BCUT2D eigenvalue weighted by Crippen LogP contribution is -2.29. The Morgan fingerprint density at radius 1 is 1.25 bits per heavy atom. The summed E-state index contributed by atoms with van der Waals surface area (Å²) in [7, 11) is 0. The summed E-state index contributed by atoms with van der Waals surface area (Å²) in [6.07, 6.45) is 4.19. The summed E-state index contributed by atoms with van der Waals surface area (Å²) in [5.41, 5.74) is -1.03. The summed E-state index contributed by atoms with van der Waals surface area (Å²) < 4.78 is 0. The van der Waals surface area contributed by atoms with E-state index in [1.165, 1.54) is 0 Å². The predicted molar refractivity (Wildman–Crippen MR) is 43.4 cm³/mol. The van der Waals surface area contributed by atoms with Crippen LogP contribution in [0.15, 0.2) is 0 Å². The van der Waals surface area contributed by atoms with Crippen LogP contribution in [-0.2, 0) is 4.79 Å². The Labute approximate surface area is 71.4 Å². The van der Waals surface area contributed by atoms with E-state index < -0.39 is 11.6 Å². The van der Waals surface area contributed by atoms with Crippen molar-refractivity contribution in [1.82, 2.24) is 0 Å². The molecule has 0 aromatic carbocycles. The van der Waals surface area contributed by atoms with Gasteiger partial charge in [-0.3, -0.25) is 0 Å². The summed E-state index contributed by atoms with van der Waals surface area (Å²) in [5.74, 6) is 3.20. The second-order valence-corrected chi connectivity index (χ2v) is 3.15. The molecule has 0 heterocycles. The van der Waals surface area contributed by atoms with E-state index in [0.29, 0.717) is 12.8 Å². The number of carbonyl (C=O) groups is 1. The molecule has 2 N–H and O–H groups in total. The first-order valence-electron chi connectivity index (χ1n) is 4.11. The van der Waals surface area contributed by atoms with Gasteiger partial charge in [0, 0.05) is 5.92 Å². The van der Waals surface area contributed by atoms with E-state index in [2.05, 4.69) is 5.92 Å². The summed E-state index contributed by atoms with van der Waals surface area (Å²) in [5, 5.41) is 18.0. The molecule has 1 rings (SSSR count). The maximum atomic E-state index is 10.1. The minimum atomic E-state index is -1.17. The molecule has 0 spiro atoms. The van der Waals surface area contributed by atoms with E-state index in [4.69, 9.17) is 5.11 Å². The quantitative estimate of drug-likeness (QED) is 0.525. The van der Waals surface area contributed by atoms with Crippen LogP contribution < -0.4 is 0 Å². The Morgan fingerprint density at radius 3 is 2.33 bits per heavy atom. The van der Waals surface area contributed by atoms with Gasteiger partial charge in [-0.25, -0.2) is 4.79 Å². The fourth-order valence-corrected chi connectivity index (χ4v) is 1.43. The lowest BCUT2D eigenvalue weighted by atomic mass is 9.85. The molecule has 3 nitrogen and oxygen atoms in total. The first-order chi connectivity index (χ1) is 5.62. The summed E-state index contributed by atoms with van der Waals surface area (Å²) in [6, 6.07) is 0. The lowest BCUT2D eigenvalue weighted by Gasteiger charge is -2.26. The van der Waals surface area contributed by atoms with Crippen LogP contribution >= 0.6 is 0 Å². The second kappa shape index (κ2) is 3.59. The molecule has 1 aliphatic carbocycles. The molecule has 0 atom stereocenters. The highest BCUT2D eigenvalue weighted by molar-refractivity contribution is 5.86. The van der Waals surface area contributed by atoms with Crippen molar-refractivity contribution in [2.45, 2.75) is 37.7 Å². The maximum absolute atomic E-state index is 10.1. The third-order valence-corrected chi connectivity index (χ3v) is 2.08. The highest BCUT2D eigenvalue weighted by atomic mass is 16.4. The zero-order chi connectivity index (χ0) is 9.03. The Morgan fingerprint density at radius 2 is 1.83 bits per heavy atom. The number of rotatable bonds is 0. The highest BCUT2D eigenvalue weighted by Crippen LogP contribution is 2.26. The van der Waals surface area contributed by atoms with Gasteiger partial charge in [-0.2, -0.15) is 0 Å². The summed E-state index contributed by atoms with van der Waals surface area (Å²) in [4.78, 5) is 10.1. The molecule has 1 fully saturated rings. The van der Waals surface area contributed by atoms with Crippen LogP contribution in [0.4, 0.5) is 0 Å². The largest absolute Gasteiger partial charge is 0.472 e. The molecule has 0 aromatic rings. The minimum Gasteiger partial charge on any atom is -0.472 e. The van der Waals surface area contributed by atoms with E-state index in [0.717, 1.165) is 19.3 Å². The molecule has 0 radical (unpaired) electrons. The third kappa shape index (κ3) is 2.55. The summed E-state index contributed by atoms with van der Waals surface area (Å²) >= 11 is 0. The van der Waals surface area contributed by atoms with Gasteiger partial charge in [0.25, 0.3) is 0 Å². The zero-order valence-electron chi connectivity index (χ0n) is 6.84. The molecular formula is C9H12O3. The van der Waals surface area contributed by atoms with Gasteiger partial charge in [0.2, 0.25) is 0 Å². The average molecular weight is 168 g/mol. The predicted octanol–water partition coefficient (Wildman–Crippen LogP) is 0.770. The smallest absolute Gasteiger partial charge is 0.382 e. The highest BCUT2D eigenvalue weighted by Gasteiger charge is 2.26. The molecular weight excluding hydrogens is 156 g/mol. The molecule has 1 aliphatic rings. The first kappa shape index (κ1) is 9.08. The van der Waals surface area contributed by atoms with Gasteiger partial charge in [0.15, 0.2) is 0 Å². The molecule has 1 saturated carbocycles. The molecule has 0 unspecified atom stereocenters. The van der Waals surface area contributed by atoms with Crippen molar-refractivity contribution in [1.29, 1.82) is 0 Å². The van der Waals surface area contributed by atoms with E-state index in [1.54, 1.807) is 0 Å². The topological polar surface area (TPSA) is 57.5 Å². The van der Waals surface area contributed by atoms with Crippen molar-refractivity contribution in [2.24, 2.45) is 0 Å². The Balaban J connectivity index is 2.59. The van der Waals surface area contributed by atoms with Crippen LogP contribution in [0.1, 0.15) is 32.1 Å². The molecule has 66 valence electrons. The van der Waals surface area contributed by atoms with Gasteiger partial charge in [-0.1, -0.05) is 12.3 Å². The van der Waals surface area contributed by atoms with Crippen molar-refractivity contribution in [3.8, 4) is 11.8 Å². The fraction of sp³-hybridized carbons (Fsp3) is 0.667. The number of carboxylic acids is 1. The van der Waals surface area contributed by atoms with Crippen molar-refractivity contribution in [2.75, 3.05) is 0 Å². The van der Waals surface area contributed by atoms with Crippen LogP contribution in [0.2, 0.25) is 0 Å². The number of aliphatic hydroxyl groups is 1. The summed E-state index contributed by atoms with van der Waals surface area (Å²) in [6.45, 7) is 0. The minimum absolute atomic E-state index is 0.604. The van der Waals surface area contributed by atoms with Gasteiger partial charge in [-0.05, 0) is 25.7 Å². The van der Waals surface area contributed by atoms with E-state index in [9.17, 15) is 9.90 Å². The molecule has 3 heteroatoms. The van der Waals surface area contributed by atoms with Crippen molar-refractivity contribution >= 4 is 5.97 Å². The Kier molecular flexibility index (Phi) is 2.72. The van der Waals surface area contributed by atoms with E-state index in [1.807, 2.05) is 5.92 Å². The Hall–Kier alpha value is -1.01. The molecule has 0 bridgehead atoms. The normalized spacial score (nSPS) is 20.8. The first-order valence-corrected chi connectivity index (χ1v) is 4.11. The molecule has 12 heavy (non-hydrogen) atoms.